The summed E-state index contributed by atoms with van der Waals surface area (Å²) in [5.74, 6) is 0. The fourth-order valence-electron chi connectivity index (χ4n) is 2.87. The number of halogens is 1. The molecule has 0 amide bonds. The highest BCUT2D eigenvalue weighted by atomic mass is 79.9. The Bertz CT molecular complexity index is 517. The summed E-state index contributed by atoms with van der Waals surface area (Å²) in [6, 6.07) is 21.9. The second-order valence-corrected chi connectivity index (χ2v) is 10.9. The first kappa shape index (κ1) is 17.5. The van der Waals surface area contributed by atoms with Crippen molar-refractivity contribution < 1.29 is 4.74 Å². The van der Waals surface area contributed by atoms with E-state index in [0.717, 1.165) is 11.9 Å². The number of rotatable bonds is 7. The molecule has 1 nitrogen and oxygen atoms in total. The first-order valence-corrected chi connectivity index (χ1v) is 10.7. The molecule has 2 aromatic carbocycles. The maximum absolute atomic E-state index is 6.07. The maximum Gasteiger partial charge on any atom is 0.110 e. The predicted molar refractivity (Wildman–Crippen MR) is 103 cm³/mol. The van der Waals surface area contributed by atoms with E-state index in [4.69, 9.17) is 4.74 Å². The van der Waals surface area contributed by atoms with Gasteiger partial charge in [-0.1, -0.05) is 101 Å². The van der Waals surface area contributed by atoms with Crippen LogP contribution in [0.15, 0.2) is 60.7 Å². The van der Waals surface area contributed by atoms with Crippen LogP contribution in [-0.2, 0) is 4.74 Å². The Hall–Kier alpha value is -0.903. The zero-order valence-corrected chi connectivity index (χ0v) is 16.4. The predicted octanol–water partition coefficient (Wildman–Crippen LogP) is 3.61. The first-order valence-electron chi connectivity index (χ1n) is 7.82. The molecular formula is C19H25BrOSi. The topological polar surface area (TPSA) is 9.23 Å². The third kappa shape index (κ3) is 4.54. The highest BCUT2D eigenvalue weighted by molar-refractivity contribution is 9.09. The van der Waals surface area contributed by atoms with Crippen molar-refractivity contribution in [2.24, 2.45) is 0 Å². The van der Waals surface area contributed by atoms with Crippen molar-refractivity contribution in [3.05, 3.63) is 60.7 Å². The molecule has 0 radical (unpaired) electrons. The largest absolute Gasteiger partial charge is 0.377 e. The van der Waals surface area contributed by atoms with Crippen LogP contribution in [0.25, 0.3) is 0 Å². The number of hydrogen-bond donors (Lipinski definition) is 0. The van der Waals surface area contributed by atoms with Crippen LogP contribution in [0.5, 0.6) is 0 Å². The van der Waals surface area contributed by atoms with E-state index < -0.39 is 8.80 Å². The Morgan fingerprint density at radius 3 is 1.82 bits per heavy atom. The van der Waals surface area contributed by atoms with Gasteiger partial charge in [0.2, 0.25) is 0 Å². The number of hydrogen-bond acceptors (Lipinski definition) is 1. The summed E-state index contributed by atoms with van der Waals surface area (Å²) >= 11 is 3.50. The molecule has 0 N–H and O–H groups in total. The molecule has 3 heteroatoms. The molecule has 0 aliphatic carbocycles. The van der Waals surface area contributed by atoms with Gasteiger partial charge < -0.3 is 4.74 Å². The highest BCUT2D eigenvalue weighted by Gasteiger charge is 2.34. The monoisotopic (exact) mass is 376 g/mol. The SMILES string of the molecule is CC(CBr)OCC(C)(C)[SiH](c1ccccc1)c1ccccc1. The summed E-state index contributed by atoms with van der Waals surface area (Å²) in [5.41, 5.74) is 0. The van der Waals surface area contributed by atoms with Gasteiger partial charge in [0.1, 0.15) is 8.80 Å². The standard InChI is InChI=1S/C19H25BrOSi/c1-16(14-20)21-15-19(2,3)22(17-10-6-4-7-11-17)18-12-8-5-9-13-18/h4-13,16,22H,14-15H2,1-3H3. The molecule has 0 spiro atoms. The normalized spacial score (nSPS) is 13.3. The zero-order chi connectivity index (χ0) is 16.0. The van der Waals surface area contributed by atoms with Crippen molar-refractivity contribution >= 4 is 35.1 Å². The van der Waals surface area contributed by atoms with Gasteiger partial charge in [-0.05, 0) is 12.0 Å². The van der Waals surface area contributed by atoms with Gasteiger partial charge in [0.05, 0.1) is 12.7 Å². The van der Waals surface area contributed by atoms with Crippen molar-refractivity contribution in [3.8, 4) is 0 Å². The number of alkyl halides is 1. The van der Waals surface area contributed by atoms with Crippen LogP contribution in [0.2, 0.25) is 5.04 Å². The Balaban J connectivity index is 2.32. The summed E-state index contributed by atoms with van der Waals surface area (Å²) in [6.45, 7) is 7.61. The molecule has 0 aliphatic rings. The van der Waals surface area contributed by atoms with E-state index in [0.29, 0.717) is 0 Å². The lowest BCUT2D eigenvalue weighted by Crippen LogP contribution is -2.51. The Morgan fingerprint density at radius 2 is 1.41 bits per heavy atom. The minimum Gasteiger partial charge on any atom is -0.377 e. The highest BCUT2D eigenvalue weighted by Crippen LogP contribution is 2.29. The first-order chi connectivity index (χ1) is 10.5. The molecule has 0 fully saturated rings. The van der Waals surface area contributed by atoms with Gasteiger partial charge >= 0.3 is 0 Å². The molecule has 0 saturated carbocycles. The van der Waals surface area contributed by atoms with Crippen molar-refractivity contribution in [2.45, 2.75) is 31.9 Å². The van der Waals surface area contributed by atoms with Gasteiger partial charge in [-0.3, -0.25) is 0 Å². The Labute approximate surface area is 144 Å². The summed E-state index contributed by atoms with van der Waals surface area (Å²) in [4.78, 5) is 0. The average Bonchev–Trinajstić information content (AvgIpc) is 2.54. The zero-order valence-electron chi connectivity index (χ0n) is 13.6. The van der Waals surface area contributed by atoms with Crippen LogP contribution in [0.3, 0.4) is 0 Å². The minimum absolute atomic E-state index is 0.152. The van der Waals surface area contributed by atoms with Gasteiger partial charge in [-0.25, -0.2) is 0 Å². The molecule has 1 unspecified atom stereocenters. The van der Waals surface area contributed by atoms with Crippen molar-refractivity contribution in [3.63, 3.8) is 0 Å². The van der Waals surface area contributed by atoms with Gasteiger partial charge in [0.15, 0.2) is 0 Å². The van der Waals surface area contributed by atoms with Crippen molar-refractivity contribution in [2.75, 3.05) is 11.9 Å². The van der Waals surface area contributed by atoms with Crippen LogP contribution in [0, 0.1) is 0 Å². The second kappa shape index (κ2) is 8.09. The summed E-state index contributed by atoms with van der Waals surface area (Å²) in [6.07, 6.45) is 0.250. The molecule has 2 aromatic rings. The minimum atomic E-state index is -1.37. The van der Waals surface area contributed by atoms with Crippen LogP contribution >= 0.6 is 15.9 Å². The summed E-state index contributed by atoms with van der Waals surface area (Å²) < 4.78 is 6.07. The molecule has 0 bridgehead atoms. The second-order valence-electron chi connectivity index (χ2n) is 6.52. The number of ether oxygens (including phenoxy) is 1. The Kier molecular flexibility index (Phi) is 6.42. The van der Waals surface area contributed by atoms with E-state index in [-0.39, 0.29) is 11.1 Å². The van der Waals surface area contributed by atoms with Gasteiger partial charge in [0, 0.05) is 5.33 Å². The molecule has 0 heterocycles. The lowest BCUT2D eigenvalue weighted by atomic mass is 10.2. The van der Waals surface area contributed by atoms with Crippen LogP contribution in [0.4, 0.5) is 0 Å². The quantitative estimate of drug-likeness (QED) is 0.529. The lowest BCUT2D eigenvalue weighted by molar-refractivity contribution is 0.0663. The fourth-order valence-corrected chi connectivity index (χ4v) is 6.72. The molecule has 2 rings (SSSR count). The lowest BCUT2D eigenvalue weighted by Gasteiger charge is -2.34. The van der Waals surface area contributed by atoms with E-state index >= 15 is 0 Å². The van der Waals surface area contributed by atoms with E-state index in [1.165, 1.54) is 10.4 Å². The summed E-state index contributed by atoms with van der Waals surface area (Å²) in [5, 5.41) is 3.99. The van der Waals surface area contributed by atoms with Crippen molar-refractivity contribution in [1.29, 1.82) is 0 Å². The van der Waals surface area contributed by atoms with Gasteiger partial charge in [0.25, 0.3) is 0 Å². The van der Waals surface area contributed by atoms with Crippen LogP contribution in [0.1, 0.15) is 20.8 Å². The van der Waals surface area contributed by atoms with Gasteiger partial charge in [-0.15, -0.1) is 0 Å². The fraction of sp³-hybridized carbons (Fsp3) is 0.368. The third-order valence-electron chi connectivity index (χ3n) is 4.00. The van der Waals surface area contributed by atoms with Crippen LogP contribution in [-0.4, -0.2) is 26.8 Å². The Morgan fingerprint density at radius 1 is 0.955 bits per heavy atom. The molecule has 22 heavy (non-hydrogen) atoms. The van der Waals surface area contributed by atoms with E-state index in [2.05, 4.69) is 97.4 Å². The molecule has 1 atom stereocenters. The molecule has 0 aromatic heterocycles. The van der Waals surface area contributed by atoms with E-state index in [1.54, 1.807) is 0 Å². The molecule has 118 valence electrons. The summed E-state index contributed by atoms with van der Waals surface area (Å²) in [7, 11) is -1.37. The molecule has 0 saturated heterocycles. The average molecular weight is 377 g/mol. The van der Waals surface area contributed by atoms with E-state index in [9.17, 15) is 0 Å². The molecule has 0 aliphatic heterocycles. The number of benzene rings is 2. The maximum atomic E-state index is 6.07. The smallest absolute Gasteiger partial charge is 0.110 e. The van der Waals surface area contributed by atoms with Crippen molar-refractivity contribution in [1.82, 2.24) is 0 Å². The van der Waals surface area contributed by atoms with Gasteiger partial charge in [-0.2, -0.15) is 0 Å². The van der Waals surface area contributed by atoms with Crippen LogP contribution < -0.4 is 10.4 Å². The molecular weight excluding hydrogens is 352 g/mol. The third-order valence-corrected chi connectivity index (χ3v) is 8.75. The van der Waals surface area contributed by atoms with E-state index in [1.807, 2.05) is 0 Å².